The molecule has 0 spiro atoms. The maximum Gasteiger partial charge on any atom is 0.223 e. The second-order valence-corrected chi connectivity index (χ2v) is 9.46. The molecular weight excluding hydrogens is 274 g/mol. The lowest BCUT2D eigenvalue weighted by atomic mass is 9.90. The van der Waals surface area contributed by atoms with Crippen LogP contribution in [0.25, 0.3) is 0 Å². The Balaban J connectivity index is 1.69. The minimum atomic E-state index is -0.115. The van der Waals surface area contributed by atoms with Crippen LogP contribution in [0.3, 0.4) is 0 Å². The smallest absolute Gasteiger partial charge is 0.223 e. The first-order chi connectivity index (χ1) is 10.0. The van der Waals surface area contributed by atoms with E-state index in [1.54, 1.807) is 0 Å². The number of carbonyl (C=O) groups is 1. The van der Waals surface area contributed by atoms with E-state index in [0.717, 1.165) is 25.9 Å². The van der Waals surface area contributed by atoms with Crippen molar-refractivity contribution in [3.63, 3.8) is 0 Å². The largest absolute Gasteiger partial charge is 0.351 e. The third-order valence-electron chi connectivity index (χ3n) is 4.55. The van der Waals surface area contributed by atoms with Crippen LogP contribution >= 0.6 is 0 Å². The quantitative estimate of drug-likeness (QED) is 0.869. The molecule has 128 valence electrons. The molecule has 0 saturated carbocycles. The molecule has 1 amide bonds. The van der Waals surface area contributed by atoms with E-state index in [-0.39, 0.29) is 17.4 Å². The van der Waals surface area contributed by atoms with Gasteiger partial charge >= 0.3 is 0 Å². The molecule has 4 heteroatoms. The number of amides is 1. The Kier molecular flexibility index (Phi) is 5.23. The second kappa shape index (κ2) is 6.48. The predicted octanol–water partition coefficient (Wildman–Crippen LogP) is 2.34. The van der Waals surface area contributed by atoms with Crippen LogP contribution in [0.5, 0.6) is 0 Å². The maximum absolute atomic E-state index is 12.2. The van der Waals surface area contributed by atoms with Crippen LogP contribution in [0.15, 0.2) is 0 Å². The van der Waals surface area contributed by atoms with Crippen molar-refractivity contribution in [1.29, 1.82) is 0 Å². The normalized spacial score (nSPS) is 23.4. The summed E-state index contributed by atoms with van der Waals surface area (Å²) in [5.41, 5.74) is 0.276. The highest BCUT2D eigenvalue weighted by atomic mass is 16.2. The minimum absolute atomic E-state index is 0.115. The van der Waals surface area contributed by atoms with Crippen molar-refractivity contribution < 1.29 is 4.79 Å². The number of nitrogens with zero attached hydrogens (tertiary/aromatic N) is 2. The highest BCUT2D eigenvalue weighted by Crippen LogP contribution is 2.26. The Morgan fingerprint density at radius 3 is 2.05 bits per heavy atom. The van der Waals surface area contributed by atoms with Crippen molar-refractivity contribution >= 4 is 5.91 Å². The monoisotopic (exact) mass is 309 g/mol. The molecule has 0 unspecified atom stereocenters. The SMILES string of the molecule is CC(C)(C)CN1CC(N2CCC(C(=O)NC(C)(C)C)CC2)C1. The summed E-state index contributed by atoms with van der Waals surface area (Å²) >= 11 is 0. The molecule has 2 aliphatic heterocycles. The number of hydrogen-bond acceptors (Lipinski definition) is 3. The van der Waals surface area contributed by atoms with Crippen molar-refractivity contribution in [3.8, 4) is 0 Å². The van der Waals surface area contributed by atoms with E-state index in [1.165, 1.54) is 19.6 Å². The van der Waals surface area contributed by atoms with Crippen LogP contribution in [0.1, 0.15) is 54.4 Å². The Hall–Kier alpha value is -0.610. The first-order valence-electron chi connectivity index (χ1n) is 8.82. The lowest BCUT2D eigenvalue weighted by molar-refractivity contribution is -0.128. The molecular formula is C18H35N3O. The van der Waals surface area contributed by atoms with E-state index in [9.17, 15) is 4.79 Å². The van der Waals surface area contributed by atoms with Gasteiger partial charge in [0.2, 0.25) is 5.91 Å². The lowest BCUT2D eigenvalue weighted by Crippen LogP contribution is -2.62. The fourth-order valence-electron chi connectivity index (χ4n) is 3.57. The van der Waals surface area contributed by atoms with Crippen LogP contribution in [0, 0.1) is 11.3 Å². The zero-order valence-electron chi connectivity index (χ0n) is 15.4. The van der Waals surface area contributed by atoms with Gasteiger partial charge in [-0.05, 0) is 52.1 Å². The van der Waals surface area contributed by atoms with Crippen molar-refractivity contribution in [1.82, 2.24) is 15.1 Å². The first kappa shape index (κ1) is 17.7. The van der Waals surface area contributed by atoms with Gasteiger partial charge in [0.05, 0.1) is 0 Å². The van der Waals surface area contributed by atoms with E-state index in [4.69, 9.17) is 0 Å². The van der Waals surface area contributed by atoms with Gasteiger partial charge in [-0.15, -0.1) is 0 Å². The Bertz CT molecular complexity index is 380. The summed E-state index contributed by atoms with van der Waals surface area (Å²) < 4.78 is 0. The molecule has 0 atom stereocenters. The van der Waals surface area contributed by atoms with Crippen LogP contribution in [-0.4, -0.2) is 60.0 Å². The summed E-state index contributed by atoms with van der Waals surface area (Å²) in [7, 11) is 0. The zero-order chi connectivity index (χ0) is 16.5. The zero-order valence-corrected chi connectivity index (χ0v) is 15.4. The fourth-order valence-corrected chi connectivity index (χ4v) is 3.57. The van der Waals surface area contributed by atoms with Gasteiger partial charge in [-0.3, -0.25) is 14.6 Å². The van der Waals surface area contributed by atoms with Crippen LogP contribution in [0.4, 0.5) is 0 Å². The lowest BCUT2D eigenvalue weighted by Gasteiger charge is -2.49. The molecule has 4 nitrogen and oxygen atoms in total. The van der Waals surface area contributed by atoms with Crippen molar-refractivity contribution in [2.24, 2.45) is 11.3 Å². The number of hydrogen-bond donors (Lipinski definition) is 1. The van der Waals surface area contributed by atoms with Gasteiger partial charge in [0, 0.05) is 37.1 Å². The summed E-state index contributed by atoms with van der Waals surface area (Å²) in [6.45, 7) is 18.8. The molecule has 2 saturated heterocycles. The topological polar surface area (TPSA) is 35.6 Å². The molecule has 2 rings (SSSR count). The molecule has 0 aromatic heterocycles. The van der Waals surface area contributed by atoms with E-state index in [0.29, 0.717) is 11.5 Å². The molecule has 0 aromatic rings. The standard InChI is InChI=1S/C18H35N3O/c1-17(2,3)13-20-11-15(12-20)21-9-7-14(8-10-21)16(22)19-18(4,5)6/h14-15H,7-13H2,1-6H3,(H,19,22). The molecule has 0 aromatic carbocycles. The Labute approximate surface area is 136 Å². The summed E-state index contributed by atoms with van der Waals surface area (Å²) in [5.74, 6) is 0.455. The number of rotatable bonds is 3. The summed E-state index contributed by atoms with van der Waals surface area (Å²) in [5, 5.41) is 3.13. The number of carbonyl (C=O) groups excluding carboxylic acids is 1. The Morgan fingerprint density at radius 1 is 1.05 bits per heavy atom. The minimum Gasteiger partial charge on any atom is -0.351 e. The predicted molar refractivity (Wildman–Crippen MR) is 91.9 cm³/mol. The molecule has 2 aliphatic rings. The molecule has 2 fully saturated rings. The van der Waals surface area contributed by atoms with Gasteiger partial charge in [-0.2, -0.15) is 0 Å². The van der Waals surface area contributed by atoms with Crippen LogP contribution in [-0.2, 0) is 4.79 Å². The summed E-state index contributed by atoms with van der Waals surface area (Å²) in [6, 6.07) is 0.717. The fraction of sp³-hybridized carbons (Fsp3) is 0.944. The van der Waals surface area contributed by atoms with E-state index in [1.807, 2.05) is 0 Å². The highest BCUT2D eigenvalue weighted by Gasteiger charge is 2.36. The van der Waals surface area contributed by atoms with E-state index < -0.39 is 0 Å². The molecule has 1 N–H and O–H groups in total. The van der Waals surface area contributed by atoms with Gasteiger partial charge in [0.15, 0.2) is 0 Å². The Morgan fingerprint density at radius 2 is 1.59 bits per heavy atom. The molecule has 2 heterocycles. The van der Waals surface area contributed by atoms with Crippen LogP contribution in [0.2, 0.25) is 0 Å². The van der Waals surface area contributed by atoms with Gasteiger partial charge < -0.3 is 5.32 Å². The third-order valence-corrected chi connectivity index (χ3v) is 4.55. The molecule has 0 radical (unpaired) electrons. The number of piperidine rings is 1. The first-order valence-corrected chi connectivity index (χ1v) is 8.82. The van der Waals surface area contributed by atoms with Gasteiger partial charge in [-0.1, -0.05) is 20.8 Å². The van der Waals surface area contributed by atoms with E-state index >= 15 is 0 Å². The second-order valence-electron chi connectivity index (χ2n) is 9.46. The van der Waals surface area contributed by atoms with Crippen molar-refractivity contribution in [2.75, 3.05) is 32.7 Å². The van der Waals surface area contributed by atoms with Crippen LogP contribution < -0.4 is 5.32 Å². The van der Waals surface area contributed by atoms with Gasteiger partial charge in [-0.25, -0.2) is 0 Å². The number of nitrogens with one attached hydrogen (secondary N) is 1. The average Bonchev–Trinajstić information content (AvgIpc) is 2.30. The summed E-state index contributed by atoms with van der Waals surface area (Å²) in [4.78, 5) is 17.4. The third kappa shape index (κ3) is 5.24. The average molecular weight is 309 g/mol. The molecule has 22 heavy (non-hydrogen) atoms. The molecule has 0 bridgehead atoms. The van der Waals surface area contributed by atoms with E-state index in [2.05, 4.69) is 56.7 Å². The maximum atomic E-state index is 12.2. The number of likely N-dealkylation sites (tertiary alicyclic amines) is 2. The van der Waals surface area contributed by atoms with Crippen molar-refractivity contribution in [3.05, 3.63) is 0 Å². The highest BCUT2D eigenvalue weighted by molar-refractivity contribution is 5.79. The molecule has 0 aliphatic carbocycles. The van der Waals surface area contributed by atoms with Crippen molar-refractivity contribution in [2.45, 2.75) is 66.0 Å². The summed E-state index contributed by atoms with van der Waals surface area (Å²) in [6.07, 6.45) is 2.02. The van der Waals surface area contributed by atoms with Gasteiger partial charge in [0.25, 0.3) is 0 Å². The van der Waals surface area contributed by atoms with Gasteiger partial charge in [0.1, 0.15) is 0 Å².